The fourth-order valence-corrected chi connectivity index (χ4v) is 3.35. The van der Waals surface area contributed by atoms with Gasteiger partial charge in [0.05, 0.1) is 5.69 Å². The second-order valence-electron chi connectivity index (χ2n) is 4.09. The molecule has 5 heteroatoms. The minimum atomic E-state index is 0.763. The first kappa shape index (κ1) is 13.4. The van der Waals surface area contributed by atoms with Crippen LogP contribution in [0.3, 0.4) is 0 Å². The molecule has 0 spiro atoms. The summed E-state index contributed by atoms with van der Waals surface area (Å²) in [4.78, 5) is 9.64. The van der Waals surface area contributed by atoms with Gasteiger partial charge in [-0.1, -0.05) is 0 Å². The molecule has 2 rings (SSSR count). The highest BCUT2D eigenvalue weighted by molar-refractivity contribution is 7.13. The highest BCUT2D eigenvalue weighted by Gasteiger charge is 2.03. The number of thiazole rings is 1. The molecule has 3 nitrogen and oxygen atoms in total. The zero-order valence-electron chi connectivity index (χ0n) is 10.3. The molecular formula is C13H17N3S2. The minimum Gasteiger partial charge on any atom is -0.330 e. The lowest BCUT2D eigenvalue weighted by atomic mass is 10.1. The average Bonchev–Trinajstić information content (AvgIpc) is 3.03. The van der Waals surface area contributed by atoms with E-state index in [1.54, 1.807) is 11.3 Å². The molecule has 0 saturated carbocycles. The monoisotopic (exact) mass is 279 g/mol. The van der Waals surface area contributed by atoms with Crippen LogP contribution in [-0.4, -0.2) is 18.2 Å². The summed E-state index contributed by atoms with van der Waals surface area (Å²) in [7, 11) is 0. The summed E-state index contributed by atoms with van der Waals surface area (Å²) in [6, 6.07) is 2.29. The smallest absolute Gasteiger partial charge is 0.208 e. The van der Waals surface area contributed by atoms with Gasteiger partial charge in [0.2, 0.25) is 5.13 Å². The highest BCUT2D eigenvalue weighted by atomic mass is 32.1. The second kappa shape index (κ2) is 6.78. The standard InChI is InChI=1S/C13H17N3S2/c1-15-13-16-11(9-18-13)5-4-10-7-12(17-8-10)3-2-6-14/h7-9H,1-6,14H2. The first-order valence-corrected chi connectivity index (χ1v) is 7.75. The van der Waals surface area contributed by atoms with Gasteiger partial charge in [0, 0.05) is 10.3 Å². The molecule has 2 aromatic heterocycles. The number of thiophene rings is 1. The van der Waals surface area contributed by atoms with E-state index in [4.69, 9.17) is 5.73 Å². The number of aromatic nitrogens is 1. The van der Waals surface area contributed by atoms with Gasteiger partial charge < -0.3 is 5.73 Å². The summed E-state index contributed by atoms with van der Waals surface area (Å²) in [5.41, 5.74) is 8.02. The quantitative estimate of drug-likeness (QED) is 0.791. The molecule has 0 bridgehead atoms. The van der Waals surface area contributed by atoms with E-state index in [-0.39, 0.29) is 0 Å². The van der Waals surface area contributed by atoms with Crippen LogP contribution in [0, 0.1) is 0 Å². The molecule has 0 saturated heterocycles. The van der Waals surface area contributed by atoms with E-state index in [1.165, 1.54) is 10.4 Å². The van der Waals surface area contributed by atoms with Gasteiger partial charge >= 0.3 is 0 Å². The van der Waals surface area contributed by atoms with Crippen LogP contribution in [0.15, 0.2) is 21.8 Å². The fraction of sp³-hybridized carbons (Fsp3) is 0.385. The maximum absolute atomic E-state index is 5.52. The number of aliphatic imine (C=N–C) groups is 1. The van der Waals surface area contributed by atoms with Gasteiger partial charge in [-0.3, -0.25) is 0 Å². The number of rotatable bonds is 7. The van der Waals surface area contributed by atoms with Gasteiger partial charge in [-0.15, -0.1) is 22.7 Å². The molecule has 96 valence electrons. The number of aryl methyl sites for hydroxylation is 3. The lowest BCUT2D eigenvalue weighted by molar-refractivity contribution is 0.841. The molecule has 0 atom stereocenters. The number of nitrogens with two attached hydrogens (primary N) is 1. The van der Waals surface area contributed by atoms with E-state index >= 15 is 0 Å². The number of nitrogens with zero attached hydrogens (tertiary/aromatic N) is 2. The van der Waals surface area contributed by atoms with E-state index in [2.05, 4.69) is 33.5 Å². The first-order chi connectivity index (χ1) is 8.81. The zero-order valence-corrected chi connectivity index (χ0v) is 11.9. The Balaban J connectivity index is 1.85. The molecule has 0 radical (unpaired) electrons. The normalized spacial score (nSPS) is 10.7. The Morgan fingerprint density at radius 2 is 2.11 bits per heavy atom. The van der Waals surface area contributed by atoms with E-state index in [9.17, 15) is 0 Å². The van der Waals surface area contributed by atoms with E-state index in [0.29, 0.717) is 0 Å². The number of hydrogen-bond acceptors (Lipinski definition) is 5. The summed E-state index contributed by atoms with van der Waals surface area (Å²) in [5.74, 6) is 0. The fourth-order valence-electron chi connectivity index (χ4n) is 1.72. The largest absolute Gasteiger partial charge is 0.330 e. The molecule has 0 aliphatic carbocycles. The molecule has 0 aliphatic heterocycles. The summed E-state index contributed by atoms with van der Waals surface area (Å²) in [6.45, 7) is 4.25. The van der Waals surface area contributed by atoms with Crippen LogP contribution < -0.4 is 5.73 Å². The predicted molar refractivity (Wildman–Crippen MR) is 80.4 cm³/mol. The molecule has 2 aromatic rings. The zero-order chi connectivity index (χ0) is 12.8. The summed E-state index contributed by atoms with van der Waals surface area (Å²) >= 11 is 3.38. The second-order valence-corrected chi connectivity index (χ2v) is 5.93. The van der Waals surface area contributed by atoms with Gasteiger partial charge in [-0.25, -0.2) is 9.98 Å². The lowest BCUT2D eigenvalue weighted by Crippen LogP contribution is -1.99. The topological polar surface area (TPSA) is 51.3 Å². The van der Waals surface area contributed by atoms with Crippen molar-refractivity contribution in [3.63, 3.8) is 0 Å². The molecule has 0 amide bonds. The van der Waals surface area contributed by atoms with E-state index in [0.717, 1.165) is 43.1 Å². The molecule has 2 N–H and O–H groups in total. The van der Waals surface area contributed by atoms with Crippen LogP contribution in [-0.2, 0) is 19.3 Å². The highest BCUT2D eigenvalue weighted by Crippen LogP contribution is 2.21. The Morgan fingerprint density at radius 1 is 1.22 bits per heavy atom. The average molecular weight is 279 g/mol. The van der Waals surface area contributed by atoms with Crippen LogP contribution in [0.25, 0.3) is 0 Å². The molecule has 18 heavy (non-hydrogen) atoms. The van der Waals surface area contributed by atoms with Crippen molar-refractivity contribution in [2.45, 2.75) is 25.7 Å². The first-order valence-electron chi connectivity index (χ1n) is 5.99. The summed E-state index contributed by atoms with van der Waals surface area (Å²) < 4.78 is 0. The Bertz CT molecular complexity index is 502. The Labute approximate surface area is 115 Å². The van der Waals surface area contributed by atoms with Gasteiger partial charge in [-0.2, -0.15) is 0 Å². The Hall–Kier alpha value is -1.04. The SMILES string of the molecule is C=Nc1nc(CCc2csc(CCCN)c2)cs1. The third-order valence-corrected chi connectivity index (χ3v) is 4.55. The van der Waals surface area contributed by atoms with Crippen LogP contribution >= 0.6 is 22.7 Å². The van der Waals surface area contributed by atoms with Gasteiger partial charge in [0.1, 0.15) is 0 Å². The summed E-state index contributed by atoms with van der Waals surface area (Å²) in [6.07, 6.45) is 4.18. The maximum Gasteiger partial charge on any atom is 0.208 e. The lowest BCUT2D eigenvalue weighted by Gasteiger charge is -1.95. The van der Waals surface area contributed by atoms with E-state index < -0.39 is 0 Å². The van der Waals surface area contributed by atoms with Gasteiger partial charge in [0.15, 0.2) is 0 Å². The van der Waals surface area contributed by atoms with Crippen molar-refractivity contribution in [2.75, 3.05) is 6.54 Å². The van der Waals surface area contributed by atoms with E-state index in [1.807, 2.05) is 11.3 Å². The summed E-state index contributed by atoms with van der Waals surface area (Å²) in [5, 5.41) is 5.07. The van der Waals surface area contributed by atoms with Crippen LogP contribution in [0.2, 0.25) is 0 Å². The van der Waals surface area contributed by atoms with Crippen LogP contribution in [0.5, 0.6) is 0 Å². The third kappa shape index (κ3) is 3.73. The van der Waals surface area contributed by atoms with Crippen LogP contribution in [0.4, 0.5) is 5.13 Å². The van der Waals surface area contributed by atoms with Crippen LogP contribution in [0.1, 0.15) is 22.6 Å². The Morgan fingerprint density at radius 3 is 2.83 bits per heavy atom. The van der Waals surface area contributed by atoms with Crippen molar-refractivity contribution in [3.8, 4) is 0 Å². The van der Waals surface area contributed by atoms with Crippen molar-refractivity contribution in [3.05, 3.63) is 33.0 Å². The van der Waals surface area contributed by atoms with Crippen molar-refractivity contribution < 1.29 is 0 Å². The van der Waals surface area contributed by atoms with Crippen molar-refractivity contribution in [2.24, 2.45) is 10.7 Å². The number of hydrogen-bond donors (Lipinski definition) is 1. The van der Waals surface area contributed by atoms with Gasteiger partial charge in [-0.05, 0) is 56.0 Å². The molecule has 2 heterocycles. The van der Waals surface area contributed by atoms with Gasteiger partial charge in [0.25, 0.3) is 0 Å². The molecule has 0 aliphatic rings. The molecular weight excluding hydrogens is 262 g/mol. The molecule has 0 unspecified atom stereocenters. The maximum atomic E-state index is 5.52. The molecule has 0 aromatic carbocycles. The predicted octanol–water partition coefficient (Wildman–Crippen LogP) is 3.21. The minimum absolute atomic E-state index is 0.763. The van der Waals surface area contributed by atoms with Crippen molar-refractivity contribution in [1.82, 2.24) is 4.98 Å². The van der Waals surface area contributed by atoms with Crippen molar-refractivity contribution >= 4 is 34.5 Å². The molecule has 0 fully saturated rings. The third-order valence-electron chi connectivity index (χ3n) is 2.68. The Kier molecular flexibility index (Phi) is 5.04. The van der Waals surface area contributed by atoms with Crippen molar-refractivity contribution in [1.29, 1.82) is 0 Å².